The molecule has 23 heavy (non-hydrogen) atoms. The van der Waals surface area contributed by atoms with Crippen molar-refractivity contribution in [3.63, 3.8) is 0 Å². The topological polar surface area (TPSA) is 42.0 Å². The molecule has 1 aromatic carbocycles. The zero-order valence-electron chi connectivity index (χ0n) is 13.6. The molecule has 0 aliphatic heterocycles. The average Bonchev–Trinajstić information content (AvgIpc) is 3.24. The zero-order valence-corrected chi connectivity index (χ0v) is 14.5. The normalized spacial score (nSPS) is 25.7. The number of benzene rings is 1. The number of aryl methyl sites for hydroxylation is 2. The minimum Gasteiger partial charge on any atom is -0.302 e. The molecule has 2 fully saturated rings. The molecule has 0 saturated heterocycles. The van der Waals surface area contributed by atoms with Crippen LogP contribution in [0.25, 0.3) is 11.3 Å². The summed E-state index contributed by atoms with van der Waals surface area (Å²) in [6, 6.07) is 8.39. The van der Waals surface area contributed by atoms with Gasteiger partial charge in [-0.25, -0.2) is 4.98 Å². The van der Waals surface area contributed by atoms with Gasteiger partial charge in [0.2, 0.25) is 5.91 Å². The van der Waals surface area contributed by atoms with Crippen LogP contribution in [-0.2, 0) is 4.79 Å². The molecule has 3 unspecified atom stereocenters. The number of amides is 1. The smallest absolute Gasteiger partial charge is 0.229 e. The SMILES string of the molecule is Cc1ccc(-c2nc(NC(=O)C3CC4CCC3C4)sc2C)cc1. The van der Waals surface area contributed by atoms with E-state index in [0.29, 0.717) is 5.92 Å². The fourth-order valence-corrected chi connectivity index (χ4v) is 5.03. The van der Waals surface area contributed by atoms with Crippen molar-refractivity contribution < 1.29 is 4.79 Å². The van der Waals surface area contributed by atoms with Crippen molar-refractivity contribution in [3.8, 4) is 11.3 Å². The number of nitrogens with zero attached hydrogens (tertiary/aromatic N) is 1. The van der Waals surface area contributed by atoms with Gasteiger partial charge in [0.1, 0.15) is 0 Å². The Morgan fingerprint density at radius 3 is 2.61 bits per heavy atom. The van der Waals surface area contributed by atoms with Crippen molar-refractivity contribution in [2.24, 2.45) is 17.8 Å². The molecule has 0 spiro atoms. The molecule has 1 N–H and O–H groups in total. The number of anilines is 1. The zero-order chi connectivity index (χ0) is 16.0. The number of hydrogen-bond acceptors (Lipinski definition) is 3. The molecule has 2 aliphatic rings. The Hall–Kier alpha value is -1.68. The average molecular weight is 326 g/mol. The second kappa shape index (κ2) is 5.75. The van der Waals surface area contributed by atoms with Gasteiger partial charge >= 0.3 is 0 Å². The molecule has 2 saturated carbocycles. The summed E-state index contributed by atoms with van der Waals surface area (Å²) < 4.78 is 0. The predicted molar refractivity (Wildman–Crippen MR) is 94.6 cm³/mol. The molecule has 4 heteroatoms. The molecule has 2 aliphatic carbocycles. The van der Waals surface area contributed by atoms with Gasteiger partial charge in [-0.15, -0.1) is 11.3 Å². The van der Waals surface area contributed by atoms with Gasteiger partial charge in [-0.3, -0.25) is 4.79 Å². The maximum Gasteiger partial charge on any atom is 0.229 e. The van der Waals surface area contributed by atoms with E-state index >= 15 is 0 Å². The summed E-state index contributed by atoms with van der Waals surface area (Å²) in [6.45, 7) is 4.15. The molecule has 4 rings (SSSR count). The summed E-state index contributed by atoms with van der Waals surface area (Å²) in [4.78, 5) is 18.4. The molecular weight excluding hydrogens is 304 g/mol. The van der Waals surface area contributed by atoms with Crippen molar-refractivity contribution in [1.29, 1.82) is 0 Å². The lowest BCUT2D eigenvalue weighted by Crippen LogP contribution is -2.27. The number of carbonyl (C=O) groups is 1. The number of fused-ring (bicyclic) bond motifs is 2. The first-order chi connectivity index (χ1) is 11.1. The second-order valence-electron chi connectivity index (χ2n) is 7.06. The first-order valence-corrected chi connectivity index (χ1v) is 9.27. The van der Waals surface area contributed by atoms with Gasteiger partial charge in [0.15, 0.2) is 5.13 Å². The lowest BCUT2D eigenvalue weighted by Gasteiger charge is -2.19. The van der Waals surface area contributed by atoms with Crippen molar-refractivity contribution in [2.75, 3.05) is 5.32 Å². The van der Waals surface area contributed by atoms with Gasteiger partial charge in [0.25, 0.3) is 0 Å². The molecule has 1 aromatic heterocycles. The van der Waals surface area contributed by atoms with Crippen molar-refractivity contribution >= 4 is 22.4 Å². The predicted octanol–water partition coefficient (Wildman–Crippen LogP) is 4.80. The van der Waals surface area contributed by atoms with Crippen LogP contribution in [0.2, 0.25) is 0 Å². The minimum absolute atomic E-state index is 0.182. The second-order valence-corrected chi connectivity index (χ2v) is 8.26. The van der Waals surface area contributed by atoms with E-state index in [-0.39, 0.29) is 11.8 Å². The van der Waals surface area contributed by atoms with Gasteiger partial charge in [0.05, 0.1) is 5.69 Å². The summed E-state index contributed by atoms with van der Waals surface area (Å²) >= 11 is 1.58. The molecular formula is C19H22N2OS. The number of thiazole rings is 1. The molecule has 3 atom stereocenters. The standard InChI is InChI=1S/C19H22N2OS/c1-11-3-6-14(7-4-11)17-12(2)23-19(20-17)21-18(22)16-10-13-5-8-15(16)9-13/h3-4,6-7,13,15-16H,5,8-10H2,1-2H3,(H,20,21,22). The lowest BCUT2D eigenvalue weighted by atomic mass is 9.88. The summed E-state index contributed by atoms with van der Waals surface area (Å²) in [7, 11) is 0. The van der Waals surface area contributed by atoms with Gasteiger partial charge in [-0.2, -0.15) is 0 Å². The summed E-state index contributed by atoms with van der Waals surface area (Å²) in [5.74, 6) is 1.79. The van der Waals surface area contributed by atoms with Crippen LogP contribution in [0.5, 0.6) is 0 Å². The largest absolute Gasteiger partial charge is 0.302 e. The van der Waals surface area contributed by atoms with Crippen LogP contribution in [-0.4, -0.2) is 10.9 Å². The Morgan fingerprint density at radius 1 is 1.17 bits per heavy atom. The molecule has 2 aromatic rings. The quantitative estimate of drug-likeness (QED) is 0.880. The maximum absolute atomic E-state index is 12.6. The van der Waals surface area contributed by atoms with E-state index in [1.165, 1.54) is 24.8 Å². The Bertz CT molecular complexity index is 734. The van der Waals surface area contributed by atoms with E-state index in [9.17, 15) is 4.79 Å². The van der Waals surface area contributed by atoms with E-state index in [4.69, 9.17) is 0 Å². The van der Waals surface area contributed by atoms with Gasteiger partial charge in [-0.05, 0) is 44.9 Å². The van der Waals surface area contributed by atoms with Crippen LogP contribution in [0, 0.1) is 31.6 Å². The van der Waals surface area contributed by atoms with Crippen LogP contribution < -0.4 is 5.32 Å². The molecule has 120 valence electrons. The van der Waals surface area contributed by atoms with Gasteiger partial charge < -0.3 is 5.32 Å². The summed E-state index contributed by atoms with van der Waals surface area (Å²) in [6.07, 6.45) is 4.88. The maximum atomic E-state index is 12.6. The first-order valence-electron chi connectivity index (χ1n) is 8.45. The number of aromatic nitrogens is 1. The third-order valence-electron chi connectivity index (χ3n) is 5.43. The minimum atomic E-state index is 0.182. The summed E-state index contributed by atoms with van der Waals surface area (Å²) in [5.41, 5.74) is 3.34. The molecule has 1 amide bonds. The van der Waals surface area contributed by atoms with Crippen LogP contribution in [0.3, 0.4) is 0 Å². The number of hydrogen-bond donors (Lipinski definition) is 1. The highest BCUT2D eigenvalue weighted by Gasteiger charge is 2.43. The monoisotopic (exact) mass is 326 g/mol. The van der Waals surface area contributed by atoms with E-state index < -0.39 is 0 Å². The van der Waals surface area contributed by atoms with Crippen LogP contribution >= 0.6 is 11.3 Å². The Morgan fingerprint density at radius 2 is 1.96 bits per heavy atom. The van der Waals surface area contributed by atoms with Crippen molar-refractivity contribution in [3.05, 3.63) is 34.7 Å². The summed E-state index contributed by atoms with van der Waals surface area (Å²) in [5, 5.41) is 3.82. The number of nitrogens with one attached hydrogen (secondary N) is 1. The Labute approximate surface area is 141 Å². The van der Waals surface area contributed by atoms with Crippen LogP contribution in [0.15, 0.2) is 24.3 Å². The fourth-order valence-electron chi connectivity index (χ4n) is 4.19. The third-order valence-corrected chi connectivity index (χ3v) is 6.31. The molecule has 1 heterocycles. The van der Waals surface area contributed by atoms with Crippen LogP contribution in [0.1, 0.15) is 36.1 Å². The Balaban J connectivity index is 1.51. The third kappa shape index (κ3) is 2.80. The van der Waals surface area contributed by atoms with E-state index in [0.717, 1.165) is 33.6 Å². The number of carbonyl (C=O) groups excluding carboxylic acids is 1. The van der Waals surface area contributed by atoms with Gasteiger partial charge in [-0.1, -0.05) is 36.2 Å². The fraction of sp³-hybridized carbons (Fsp3) is 0.474. The van der Waals surface area contributed by atoms with Crippen molar-refractivity contribution in [2.45, 2.75) is 39.5 Å². The van der Waals surface area contributed by atoms with Crippen LogP contribution in [0.4, 0.5) is 5.13 Å². The molecule has 0 radical (unpaired) electrons. The van der Waals surface area contributed by atoms with E-state index in [2.05, 4.69) is 48.4 Å². The van der Waals surface area contributed by atoms with Crippen molar-refractivity contribution in [1.82, 2.24) is 4.98 Å². The van der Waals surface area contributed by atoms with E-state index in [1.54, 1.807) is 11.3 Å². The number of rotatable bonds is 3. The lowest BCUT2D eigenvalue weighted by molar-refractivity contribution is -0.121. The molecule has 2 bridgehead atoms. The highest BCUT2D eigenvalue weighted by atomic mass is 32.1. The first kappa shape index (κ1) is 14.9. The molecule has 3 nitrogen and oxygen atoms in total. The van der Waals surface area contributed by atoms with E-state index in [1.807, 2.05) is 0 Å². The highest BCUT2D eigenvalue weighted by molar-refractivity contribution is 7.16. The van der Waals surface area contributed by atoms with Gasteiger partial charge in [0, 0.05) is 16.4 Å². The Kier molecular flexibility index (Phi) is 3.72. The highest BCUT2D eigenvalue weighted by Crippen LogP contribution is 2.48.